The second-order valence-electron chi connectivity index (χ2n) is 6.31. The van der Waals surface area contributed by atoms with Crippen molar-refractivity contribution in [3.63, 3.8) is 0 Å². The molecular weight excluding hydrogens is 532 g/mol. The third-order valence-corrected chi connectivity index (χ3v) is 5.22. The molecule has 0 saturated heterocycles. The van der Waals surface area contributed by atoms with Gasteiger partial charge in [0.2, 0.25) is 0 Å². The Balaban J connectivity index is 1.67. The molecule has 0 aliphatic heterocycles. The molecule has 0 aliphatic rings. The molecule has 0 radical (unpaired) electrons. The fraction of sp³-hybridized carbons (Fsp3) is 0.0455. The molecule has 0 aromatic heterocycles. The number of carbonyl (C=O) groups is 2. The summed E-state index contributed by atoms with van der Waals surface area (Å²) < 4.78 is 6.82. The zero-order valence-electron chi connectivity index (χ0n) is 15.9. The highest BCUT2D eigenvalue weighted by Crippen LogP contribution is 2.31. The average molecular weight is 548 g/mol. The lowest BCUT2D eigenvalue weighted by Crippen LogP contribution is -2.18. The minimum atomic E-state index is -0.986. The largest absolute Gasteiger partial charge is 0.506 e. The molecule has 0 bridgehead atoms. The van der Waals surface area contributed by atoms with E-state index in [0.717, 1.165) is 5.56 Å². The summed E-state index contributed by atoms with van der Waals surface area (Å²) in [6, 6.07) is 16.6. The van der Waals surface area contributed by atoms with Crippen LogP contribution >= 0.6 is 31.9 Å². The first-order valence-electron chi connectivity index (χ1n) is 8.90. The third kappa shape index (κ3) is 5.93. The van der Waals surface area contributed by atoms with Crippen LogP contribution in [-0.4, -0.2) is 28.3 Å². The maximum atomic E-state index is 12.3. The number of ether oxygens (including phenoxy) is 1. The number of hydrogen-bond acceptors (Lipinski definition) is 5. The summed E-state index contributed by atoms with van der Waals surface area (Å²) in [6.07, 6.45) is 1.44. The van der Waals surface area contributed by atoms with Crippen molar-refractivity contribution in [2.45, 2.75) is 6.61 Å². The Kier molecular flexibility index (Phi) is 7.43. The van der Waals surface area contributed by atoms with Gasteiger partial charge < -0.3 is 14.9 Å². The number of phenols is 1. The number of carboxylic acid groups (broad SMARTS) is 1. The number of rotatable bonds is 7. The molecule has 1 amide bonds. The van der Waals surface area contributed by atoms with E-state index in [1.807, 2.05) is 0 Å². The lowest BCUT2D eigenvalue weighted by Gasteiger charge is -2.09. The van der Waals surface area contributed by atoms with Gasteiger partial charge in [0, 0.05) is 10.0 Å². The Hall–Kier alpha value is -3.17. The van der Waals surface area contributed by atoms with Crippen molar-refractivity contribution in [1.82, 2.24) is 5.43 Å². The first kappa shape index (κ1) is 22.5. The molecule has 0 aliphatic carbocycles. The predicted molar refractivity (Wildman–Crippen MR) is 123 cm³/mol. The highest BCUT2D eigenvalue weighted by molar-refractivity contribution is 9.11. The number of carbonyl (C=O) groups excluding carboxylic acids is 1. The number of phenolic OH excluding ortho intramolecular Hbond substituents is 1. The van der Waals surface area contributed by atoms with Crippen LogP contribution in [0, 0.1) is 0 Å². The van der Waals surface area contributed by atoms with Gasteiger partial charge in [-0.1, -0.05) is 40.2 Å². The van der Waals surface area contributed by atoms with Gasteiger partial charge >= 0.3 is 5.97 Å². The Labute approximate surface area is 194 Å². The molecular formula is C22H16Br2N2O5. The number of benzene rings is 3. The Bertz CT molecular complexity index is 1150. The van der Waals surface area contributed by atoms with Gasteiger partial charge in [0.05, 0.1) is 21.8 Å². The lowest BCUT2D eigenvalue weighted by molar-refractivity contribution is 0.0696. The van der Waals surface area contributed by atoms with Crippen LogP contribution in [-0.2, 0) is 6.61 Å². The van der Waals surface area contributed by atoms with Gasteiger partial charge in [-0.05, 0) is 57.9 Å². The third-order valence-electron chi connectivity index (χ3n) is 4.16. The van der Waals surface area contributed by atoms with Crippen LogP contribution in [0.2, 0.25) is 0 Å². The van der Waals surface area contributed by atoms with Crippen LogP contribution < -0.4 is 10.2 Å². The van der Waals surface area contributed by atoms with E-state index in [4.69, 9.17) is 9.84 Å². The number of hydrazone groups is 1. The SMILES string of the molecule is O=C(O)c1ccc(COc2ccccc2/C=N\NC(=O)c2cc(Br)cc(Br)c2O)cc1. The van der Waals surface area contributed by atoms with Crippen molar-refractivity contribution in [3.8, 4) is 11.5 Å². The van der Waals surface area contributed by atoms with Crippen molar-refractivity contribution >= 4 is 50.0 Å². The molecule has 0 saturated carbocycles. The fourth-order valence-corrected chi connectivity index (χ4v) is 3.81. The lowest BCUT2D eigenvalue weighted by atomic mass is 10.1. The van der Waals surface area contributed by atoms with Crippen LogP contribution in [0.5, 0.6) is 11.5 Å². The van der Waals surface area contributed by atoms with Crippen molar-refractivity contribution in [2.24, 2.45) is 5.10 Å². The minimum Gasteiger partial charge on any atom is -0.506 e. The molecule has 3 aromatic carbocycles. The van der Waals surface area contributed by atoms with Crippen LogP contribution in [0.3, 0.4) is 0 Å². The van der Waals surface area contributed by atoms with Crippen molar-refractivity contribution < 1.29 is 24.5 Å². The summed E-state index contributed by atoms with van der Waals surface area (Å²) in [4.78, 5) is 23.3. The van der Waals surface area contributed by atoms with Gasteiger partial charge in [-0.3, -0.25) is 4.79 Å². The number of nitrogens with zero attached hydrogens (tertiary/aromatic N) is 1. The highest BCUT2D eigenvalue weighted by atomic mass is 79.9. The quantitative estimate of drug-likeness (QED) is 0.286. The summed E-state index contributed by atoms with van der Waals surface area (Å²) in [5.74, 6) is -1.21. The van der Waals surface area contributed by atoms with Gasteiger partial charge in [0.1, 0.15) is 18.1 Å². The standard InChI is InChI=1S/C22H16Br2N2O5/c23-16-9-17(20(27)18(24)10-16)21(28)26-25-11-15-3-1-2-4-19(15)31-12-13-5-7-14(8-6-13)22(29)30/h1-11,27H,12H2,(H,26,28)(H,29,30)/b25-11-. The number of halogens is 2. The zero-order valence-corrected chi connectivity index (χ0v) is 19.1. The summed E-state index contributed by atoms with van der Waals surface area (Å²) >= 11 is 6.46. The topological polar surface area (TPSA) is 108 Å². The van der Waals surface area contributed by atoms with Gasteiger partial charge in [-0.25, -0.2) is 10.2 Å². The van der Waals surface area contributed by atoms with E-state index >= 15 is 0 Å². The minimum absolute atomic E-state index is 0.0627. The smallest absolute Gasteiger partial charge is 0.335 e. The Morgan fingerprint density at radius 3 is 2.48 bits per heavy atom. The molecule has 7 nitrogen and oxygen atoms in total. The molecule has 0 heterocycles. The zero-order chi connectivity index (χ0) is 22.4. The first-order valence-corrected chi connectivity index (χ1v) is 10.5. The van der Waals surface area contributed by atoms with Crippen LogP contribution in [0.1, 0.15) is 31.8 Å². The van der Waals surface area contributed by atoms with E-state index in [-0.39, 0.29) is 23.5 Å². The van der Waals surface area contributed by atoms with E-state index in [1.165, 1.54) is 24.4 Å². The summed E-state index contributed by atoms with van der Waals surface area (Å²) in [7, 11) is 0. The van der Waals surface area contributed by atoms with Gasteiger partial charge in [-0.2, -0.15) is 5.10 Å². The number of amides is 1. The van der Waals surface area contributed by atoms with Crippen LogP contribution in [0.15, 0.2) is 74.7 Å². The number of carboxylic acids is 1. The molecule has 158 valence electrons. The first-order chi connectivity index (χ1) is 14.8. The molecule has 0 unspecified atom stereocenters. The molecule has 0 fully saturated rings. The van der Waals surface area contributed by atoms with Gasteiger partial charge in [0.15, 0.2) is 0 Å². The monoisotopic (exact) mass is 546 g/mol. The summed E-state index contributed by atoms with van der Waals surface area (Å²) in [6.45, 7) is 0.233. The molecule has 3 rings (SSSR count). The molecule has 3 aromatic rings. The van der Waals surface area contributed by atoms with E-state index in [9.17, 15) is 14.7 Å². The van der Waals surface area contributed by atoms with Crippen molar-refractivity contribution in [2.75, 3.05) is 0 Å². The molecule has 0 atom stereocenters. The maximum Gasteiger partial charge on any atom is 0.335 e. The van der Waals surface area contributed by atoms with Crippen molar-refractivity contribution in [3.05, 3.63) is 91.9 Å². The normalized spacial score (nSPS) is 10.8. The number of aromatic carboxylic acids is 1. The second kappa shape index (κ2) is 10.2. The second-order valence-corrected chi connectivity index (χ2v) is 8.08. The van der Waals surface area contributed by atoms with E-state index in [2.05, 4.69) is 42.4 Å². The fourth-order valence-electron chi connectivity index (χ4n) is 2.58. The maximum absolute atomic E-state index is 12.3. The summed E-state index contributed by atoms with van der Waals surface area (Å²) in [5, 5.41) is 23.0. The highest BCUT2D eigenvalue weighted by Gasteiger charge is 2.14. The Morgan fingerprint density at radius 2 is 1.77 bits per heavy atom. The molecule has 0 spiro atoms. The average Bonchev–Trinajstić information content (AvgIpc) is 2.75. The Morgan fingerprint density at radius 1 is 1.06 bits per heavy atom. The van der Waals surface area contributed by atoms with Crippen molar-refractivity contribution in [1.29, 1.82) is 0 Å². The summed E-state index contributed by atoms with van der Waals surface area (Å²) in [5.41, 5.74) is 4.08. The number of hydrogen-bond donors (Lipinski definition) is 3. The number of aromatic hydroxyl groups is 1. The van der Waals surface area contributed by atoms with E-state index in [1.54, 1.807) is 42.5 Å². The molecule has 9 heteroatoms. The molecule has 31 heavy (non-hydrogen) atoms. The van der Waals surface area contributed by atoms with Crippen LogP contribution in [0.4, 0.5) is 0 Å². The molecule has 3 N–H and O–H groups in total. The van der Waals surface area contributed by atoms with Crippen LogP contribution in [0.25, 0.3) is 0 Å². The van der Waals surface area contributed by atoms with Gasteiger partial charge in [-0.15, -0.1) is 0 Å². The van der Waals surface area contributed by atoms with E-state index in [0.29, 0.717) is 20.3 Å². The predicted octanol–water partition coefficient (Wildman–Crippen LogP) is 4.96. The van der Waals surface area contributed by atoms with E-state index < -0.39 is 11.9 Å². The number of para-hydroxylation sites is 1. The number of nitrogens with one attached hydrogen (secondary N) is 1. The van der Waals surface area contributed by atoms with Gasteiger partial charge in [0.25, 0.3) is 5.91 Å².